The number of carbonyl (C=O) groups excluding carboxylic acids is 1. The average Bonchev–Trinajstić information content (AvgIpc) is 2.99. The highest BCUT2D eigenvalue weighted by Gasteiger charge is 2.27. The van der Waals surface area contributed by atoms with Crippen LogP contribution in [0.4, 0.5) is 0 Å². The summed E-state index contributed by atoms with van der Waals surface area (Å²) in [6, 6.07) is 8.04. The zero-order valence-electron chi connectivity index (χ0n) is 14.8. The monoisotopic (exact) mass is 316 g/mol. The molecule has 1 aliphatic carbocycles. The van der Waals surface area contributed by atoms with Crippen LogP contribution in [0, 0.1) is 0 Å². The van der Waals surface area contributed by atoms with Crippen LogP contribution in [0.1, 0.15) is 50.7 Å². The highest BCUT2D eigenvalue weighted by molar-refractivity contribution is 5.86. The van der Waals surface area contributed by atoms with Gasteiger partial charge in [-0.25, -0.2) is 0 Å². The first-order chi connectivity index (χ1) is 11.2. The van der Waals surface area contributed by atoms with E-state index in [9.17, 15) is 4.79 Å². The predicted octanol–water partition coefficient (Wildman–Crippen LogP) is 4.00. The van der Waals surface area contributed by atoms with Crippen molar-refractivity contribution in [1.29, 1.82) is 0 Å². The Hall–Kier alpha value is -1.61. The maximum absolute atomic E-state index is 12.4. The van der Waals surface area contributed by atoms with E-state index in [0.717, 1.165) is 41.8 Å². The molecule has 0 aromatic heterocycles. The van der Waals surface area contributed by atoms with Crippen molar-refractivity contribution in [3.05, 3.63) is 41.5 Å². The summed E-state index contributed by atoms with van der Waals surface area (Å²) in [4.78, 5) is 12.4. The van der Waals surface area contributed by atoms with Crippen molar-refractivity contribution in [2.24, 2.45) is 0 Å². The third-order valence-corrected chi connectivity index (χ3v) is 4.93. The number of fused-ring (bicyclic) bond motifs is 1. The standard InChI is InChI=1S/C20H30NO2/c1-4-13-21(6-3,14-5-2)15-16-23-20(22)19-12-11-17-9-7-8-10-18(17)19/h7-12,19H,4-6,13-16H2,1-3H3/q+1. The van der Waals surface area contributed by atoms with Crippen molar-refractivity contribution in [2.75, 3.05) is 32.8 Å². The highest BCUT2D eigenvalue weighted by atomic mass is 16.5. The number of quaternary nitrogens is 1. The molecule has 0 radical (unpaired) electrons. The van der Waals surface area contributed by atoms with Gasteiger partial charge in [-0.2, -0.15) is 0 Å². The summed E-state index contributed by atoms with van der Waals surface area (Å²) in [5.74, 6) is -0.347. The molecular formula is C20H30NO2+. The lowest BCUT2D eigenvalue weighted by atomic mass is 10.0. The highest BCUT2D eigenvalue weighted by Crippen LogP contribution is 2.30. The van der Waals surface area contributed by atoms with Crippen molar-refractivity contribution in [2.45, 2.75) is 39.5 Å². The lowest BCUT2D eigenvalue weighted by molar-refractivity contribution is -0.926. The van der Waals surface area contributed by atoms with Gasteiger partial charge in [0.05, 0.1) is 19.6 Å². The molecule has 0 spiro atoms. The van der Waals surface area contributed by atoms with Gasteiger partial charge in [0.1, 0.15) is 19.1 Å². The number of hydrogen-bond donors (Lipinski definition) is 0. The molecule has 126 valence electrons. The van der Waals surface area contributed by atoms with E-state index in [1.807, 2.05) is 36.4 Å². The molecule has 0 N–H and O–H groups in total. The number of esters is 1. The van der Waals surface area contributed by atoms with Gasteiger partial charge in [0.2, 0.25) is 0 Å². The number of carbonyl (C=O) groups is 1. The van der Waals surface area contributed by atoms with Crippen molar-refractivity contribution in [1.82, 2.24) is 0 Å². The second-order valence-electron chi connectivity index (χ2n) is 6.46. The normalized spacial score (nSPS) is 16.4. The van der Waals surface area contributed by atoms with Crippen molar-refractivity contribution in [3.8, 4) is 0 Å². The minimum absolute atomic E-state index is 0.117. The third-order valence-electron chi connectivity index (χ3n) is 4.93. The average molecular weight is 316 g/mol. The van der Waals surface area contributed by atoms with E-state index >= 15 is 0 Å². The van der Waals surface area contributed by atoms with Crippen molar-refractivity contribution in [3.63, 3.8) is 0 Å². The zero-order chi connectivity index (χ0) is 16.7. The molecule has 1 unspecified atom stereocenters. The number of benzene rings is 1. The van der Waals surface area contributed by atoms with Gasteiger partial charge in [-0.3, -0.25) is 4.79 Å². The molecule has 3 heteroatoms. The van der Waals surface area contributed by atoms with Crippen LogP contribution in [0.5, 0.6) is 0 Å². The zero-order valence-corrected chi connectivity index (χ0v) is 14.8. The Morgan fingerprint density at radius 3 is 2.43 bits per heavy atom. The number of ether oxygens (including phenoxy) is 1. The number of likely N-dealkylation sites (N-methyl/N-ethyl adjacent to an activating group) is 1. The Kier molecular flexibility index (Phi) is 6.40. The first-order valence-corrected chi connectivity index (χ1v) is 8.94. The van der Waals surface area contributed by atoms with Gasteiger partial charge in [0, 0.05) is 0 Å². The fraction of sp³-hybridized carbons (Fsp3) is 0.550. The van der Waals surface area contributed by atoms with Crippen LogP contribution in [-0.2, 0) is 9.53 Å². The fourth-order valence-electron chi connectivity index (χ4n) is 3.64. The Morgan fingerprint density at radius 1 is 1.09 bits per heavy atom. The fourth-order valence-corrected chi connectivity index (χ4v) is 3.64. The van der Waals surface area contributed by atoms with Crippen LogP contribution in [0.25, 0.3) is 6.08 Å². The molecular weight excluding hydrogens is 286 g/mol. The van der Waals surface area contributed by atoms with Gasteiger partial charge in [0.25, 0.3) is 0 Å². The molecule has 0 bridgehead atoms. The van der Waals surface area contributed by atoms with Gasteiger partial charge >= 0.3 is 5.97 Å². The first-order valence-electron chi connectivity index (χ1n) is 8.94. The Balaban J connectivity index is 1.91. The summed E-state index contributed by atoms with van der Waals surface area (Å²) < 4.78 is 6.68. The van der Waals surface area contributed by atoms with E-state index in [4.69, 9.17) is 4.74 Å². The quantitative estimate of drug-likeness (QED) is 0.508. The van der Waals surface area contributed by atoms with Crippen LogP contribution < -0.4 is 0 Å². The van der Waals surface area contributed by atoms with Crippen LogP contribution in [0.15, 0.2) is 30.3 Å². The van der Waals surface area contributed by atoms with Crippen molar-refractivity contribution >= 4 is 12.0 Å². The first kappa shape index (κ1) is 17.7. The number of nitrogens with zero attached hydrogens (tertiary/aromatic N) is 1. The molecule has 1 aromatic carbocycles. The van der Waals surface area contributed by atoms with Gasteiger partial charge in [-0.1, -0.05) is 50.3 Å². The van der Waals surface area contributed by atoms with Gasteiger partial charge in [-0.05, 0) is 30.9 Å². The van der Waals surface area contributed by atoms with Gasteiger partial charge in [-0.15, -0.1) is 0 Å². The smallest absolute Gasteiger partial charge is 0.317 e. The van der Waals surface area contributed by atoms with Crippen LogP contribution >= 0.6 is 0 Å². The third kappa shape index (κ3) is 4.23. The molecule has 0 fully saturated rings. The van der Waals surface area contributed by atoms with E-state index in [0.29, 0.717) is 6.61 Å². The SMILES string of the molecule is CCC[N+](CC)(CCC)CCOC(=O)C1C=Cc2ccccc21. The second kappa shape index (κ2) is 8.30. The maximum atomic E-state index is 12.4. The molecule has 0 aliphatic heterocycles. The minimum Gasteiger partial charge on any atom is -0.459 e. The second-order valence-corrected chi connectivity index (χ2v) is 6.46. The predicted molar refractivity (Wildman–Crippen MR) is 95.2 cm³/mol. The Bertz CT molecular complexity index is 544. The van der Waals surface area contributed by atoms with Gasteiger partial charge in [0.15, 0.2) is 0 Å². The summed E-state index contributed by atoms with van der Waals surface area (Å²) in [6.45, 7) is 11.5. The molecule has 0 saturated heterocycles. The number of rotatable bonds is 9. The minimum atomic E-state index is -0.230. The van der Waals surface area contributed by atoms with E-state index in [1.165, 1.54) is 12.8 Å². The van der Waals surface area contributed by atoms with Crippen LogP contribution in [0.3, 0.4) is 0 Å². The Labute approximate surface area is 140 Å². The summed E-state index contributed by atoms with van der Waals surface area (Å²) in [7, 11) is 0. The molecule has 0 heterocycles. The summed E-state index contributed by atoms with van der Waals surface area (Å²) >= 11 is 0. The molecule has 2 rings (SSSR count). The summed E-state index contributed by atoms with van der Waals surface area (Å²) in [5, 5.41) is 0. The molecule has 0 amide bonds. The molecule has 0 saturated carbocycles. The van der Waals surface area contributed by atoms with Crippen LogP contribution in [0.2, 0.25) is 0 Å². The lowest BCUT2D eigenvalue weighted by Crippen LogP contribution is -2.51. The largest absolute Gasteiger partial charge is 0.459 e. The van der Waals surface area contributed by atoms with Crippen molar-refractivity contribution < 1.29 is 14.0 Å². The van der Waals surface area contributed by atoms with E-state index in [1.54, 1.807) is 0 Å². The number of hydrogen-bond acceptors (Lipinski definition) is 2. The van der Waals surface area contributed by atoms with Crippen LogP contribution in [-0.4, -0.2) is 43.2 Å². The molecule has 1 aliphatic rings. The molecule has 23 heavy (non-hydrogen) atoms. The van der Waals surface area contributed by atoms with E-state index in [-0.39, 0.29) is 11.9 Å². The van der Waals surface area contributed by atoms with E-state index < -0.39 is 0 Å². The lowest BCUT2D eigenvalue weighted by Gasteiger charge is -2.37. The van der Waals surface area contributed by atoms with Gasteiger partial charge < -0.3 is 9.22 Å². The maximum Gasteiger partial charge on any atom is 0.317 e. The molecule has 1 atom stereocenters. The molecule has 1 aromatic rings. The summed E-state index contributed by atoms with van der Waals surface area (Å²) in [5.41, 5.74) is 2.20. The summed E-state index contributed by atoms with van der Waals surface area (Å²) in [6.07, 6.45) is 6.30. The topological polar surface area (TPSA) is 26.3 Å². The van der Waals surface area contributed by atoms with E-state index in [2.05, 4.69) is 20.8 Å². The molecule has 3 nitrogen and oxygen atoms in total. The Morgan fingerprint density at radius 2 is 1.78 bits per heavy atom.